The second kappa shape index (κ2) is 17.9. The van der Waals surface area contributed by atoms with E-state index < -0.39 is 30.3 Å². The molecule has 39 heavy (non-hydrogen) atoms. The maximum Gasteiger partial charge on any atom is 1.00 e. The monoisotopic (exact) mass is 600 g/mol. The number of aromatic hydroxyl groups is 1. The minimum atomic E-state index is -5.53. The number of halogens is 1. The molecule has 0 atom stereocenters. The van der Waals surface area contributed by atoms with Crippen LogP contribution in [0.4, 0.5) is 0 Å². The molecule has 0 saturated carbocycles. The third kappa shape index (κ3) is 11.9. The third-order valence-electron chi connectivity index (χ3n) is 5.65. The molecule has 11 nitrogen and oxygen atoms in total. The van der Waals surface area contributed by atoms with E-state index in [-0.39, 0.29) is 101 Å². The van der Waals surface area contributed by atoms with Gasteiger partial charge in [0.05, 0.1) is 17.3 Å². The van der Waals surface area contributed by atoms with Gasteiger partial charge in [-0.25, -0.2) is 4.79 Å². The molecule has 2 aliphatic rings. The van der Waals surface area contributed by atoms with Gasteiger partial charge in [-0.1, -0.05) is 35.0 Å². The summed E-state index contributed by atoms with van der Waals surface area (Å²) in [5, 5.41) is 14.2. The molecule has 1 saturated heterocycles. The Balaban J connectivity index is 0.00000380. The molecular weight excluding hydrogens is 573 g/mol. The van der Waals surface area contributed by atoms with Gasteiger partial charge in [-0.05, 0) is 50.2 Å². The number of hydrogen-bond donors (Lipinski definition) is 1. The quantitative estimate of drug-likeness (QED) is 0.120. The fourth-order valence-corrected chi connectivity index (χ4v) is 4.59. The number of likely N-dealkylation sites (tertiary alicyclic amines) is 1. The fourth-order valence-electron chi connectivity index (χ4n) is 3.90. The van der Waals surface area contributed by atoms with Gasteiger partial charge in [-0.2, -0.15) is 0 Å². The zero-order valence-corrected chi connectivity index (χ0v) is 27.7. The molecular formula is C24H28ClN2Na2O9P. The number of piperidine rings is 1. The average molecular weight is 601 g/mol. The molecule has 0 bridgehead atoms. The number of phenols is 1. The maximum atomic E-state index is 12.8. The van der Waals surface area contributed by atoms with Crippen molar-refractivity contribution in [1.82, 2.24) is 4.90 Å². The summed E-state index contributed by atoms with van der Waals surface area (Å²) in [5.41, 5.74) is -0.208. The first-order valence-electron chi connectivity index (χ1n) is 11.9. The molecule has 202 valence electrons. The first-order chi connectivity index (χ1) is 17.7. The number of nitrogens with zero attached hydrogens (tertiary/aromatic N) is 2. The van der Waals surface area contributed by atoms with Crippen molar-refractivity contribution in [1.29, 1.82) is 0 Å². The zero-order chi connectivity index (χ0) is 26.8. The SMILES string of the molecule is O=C1OCC/C=C/CC/C=C/C(=N/OCC(=O)N2CCCCC2)Cc2c(Cl)c(OP(=O)([O-])[O-])cc(O)c21.[Na+].[Na+]. The van der Waals surface area contributed by atoms with Gasteiger partial charge in [0.2, 0.25) is 0 Å². The summed E-state index contributed by atoms with van der Waals surface area (Å²) >= 11 is 6.34. The fraction of sp³-hybridized carbons (Fsp3) is 0.458. The van der Waals surface area contributed by atoms with Crippen molar-refractivity contribution in [3.05, 3.63) is 46.5 Å². The predicted molar refractivity (Wildman–Crippen MR) is 131 cm³/mol. The smallest absolute Gasteiger partial charge is 0.780 e. The molecule has 1 aromatic rings. The van der Waals surface area contributed by atoms with E-state index in [9.17, 15) is 29.0 Å². The average Bonchev–Trinajstić information content (AvgIpc) is 2.84. The second-order valence-corrected chi connectivity index (χ2v) is 9.90. The number of hydrogen-bond acceptors (Lipinski definition) is 10. The number of phosphoric ester groups is 1. The van der Waals surface area contributed by atoms with Crippen LogP contribution in [-0.4, -0.2) is 53.9 Å². The Morgan fingerprint density at radius 3 is 2.49 bits per heavy atom. The van der Waals surface area contributed by atoms with Gasteiger partial charge in [-0.3, -0.25) is 4.79 Å². The maximum absolute atomic E-state index is 12.8. The first kappa shape index (κ1) is 36.2. The Kier molecular flexibility index (Phi) is 16.6. The minimum Gasteiger partial charge on any atom is -0.780 e. The molecule has 3 rings (SSSR count). The second-order valence-electron chi connectivity index (χ2n) is 8.45. The molecule has 1 amide bonds. The Morgan fingerprint density at radius 2 is 1.79 bits per heavy atom. The van der Waals surface area contributed by atoms with Crippen LogP contribution in [0.1, 0.15) is 54.4 Å². The number of rotatable bonds is 5. The normalized spacial score (nSPS) is 19.3. The predicted octanol–water partition coefficient (Wildman–Crippen LogP) is -3.36. The van der Waals surface area contributed by atoms with Crippen LogP contribution in [-0.2, 0) is 25.4 Å². The number of phenolic OH excluding ortho intramolecular Hbond substituents is 1. The van der Waals surface area contributed by atoms with Gasteiger partial charge >= 0.3 is 65.1 Å². The summed E-state index contributed by atoms with van der Waals surface area (Å²) in [5.74, 6) is -2.47. The molecule has 15 heteroatoms. The molecule has 1 aromatic carbocycles. The number of benzene rings is 1. The Bertz CT molecular complexity index is 1140. The molecule has 1 fully saturated rings. The van der Waals surface area contributed by atoms with E-state index in [2.05, 4.69) is 9.68 Å². The number of oxime groups is 1. The number of amides is 1. The summed E-state index contributed by atoms with van der Waals surface area (Å²) < 4.78 is 20.8. The molecule has 0 aliphatic carbocycles. The third-order valence-corrected chi connectivity index (χ3v) is 6.49. The first-order valence-corrected chi connectivity index (χ1v) is 13.7. The standard InChI is InChI=1S/C24H30ClN2O9P.2Na/c25-23-18-14-17(26-35-16-21(29)27-11-7-5-8-12-27)10-6-3-1-2-4-9-13-34-24(30)22(18)19(28)15-20(23)36-37(31,32)33;;/h2,4,6,10,15,28H,1,3,5,7-9,11-14,16H2,(H2,31,32,33);;/q;2*+1/p-2/b4-2+,10-6+,26-17-;;. The van der Waals surface area contributed by atoms with E-state index in [1.807, 2.05) is 12.2 Å². The van der Waals surface area contributed by atoms with Crippen LogP contribution in [0.25, 0.3) is 0 Å². The number of phosphoric acid groups is 1. The number of ether oxygens (including phenoxy) is 1. The summed E-state index contributed by atoms with van der Waals surface area (Å²) in [4.78, 5) is 54.6. The van der Waals surface area contributed by atoms with Crippen LogP contribution in [0, 0.1) is 0 Å². The Labute approximate surface area is 276 Å². The van der Waals surface area contributed by atoms with Gasteiger partial charge in [0.15, 0.2) is 6.61 Å². The van der Waals surface area contributed by atoms with E-state index in [1.165, 1.54) is 0 Å². The van der Waals surface area contributed by atoms with Crippen LogP contribution in [0.3, 0.4) is 0 Å². The summed E-state index contributed by atoms with van der Waals surface area (Å²) in [6.45, 7) is 1.04. The van der Waals surface area contributed by atoms with E-state index in [1.54, 1.807) is 17.1 Å². The summed E-state index contributed by atoms with van der Waals surface area (Å²) in [7, 11) is -5.53. The number of esters is 1. The van der Waals surface area contributed by atoms with Gasteiger partial charge in [0, 0.05) is 25.6 Å². The van der Waals surface area contributed by atoms with Crippen molar-refractivity contribution in [3.63, 3.8) is 0 Å². The number of carbonyl (C=O) groups is 2. The Morgan fingerprint density at radius 1 is 1.13 bits per heavy atom. The summed E-state index contributed by atoms with van der Waals surface area (Å²) in [6, 6.07) is 0.758. The van der Waals surface area contributed by atoms with E-state index in [0.717, 1.165) is 25.3 Å². The largest absolute Gasteiger partial charge is 1.00 e. The van der Waals surface area contributed by atoms with Crippen LogP contribution >= 0.6 is 19.4 Å². The van der Waals surface area contributed by atoms with Crippen LogP contribution in [0.15, 0.2) is 35.5 Å². The number of allylic oxidation sites excluding steroid dienone is 3. The molecule has 2 aliphatic heterocycles. The number of cyclic esters (lactones) is 1. The molecule has 0 spiro atoms. The van der Waals surface area contributed by atoms with Crippen molar-refractivity contribution >= 4 is 37.0 Å². The van der Waals surface area contributed by atoms with Gasteiger partial charge in [-0.15, -0.1) is 0 Å². The Hall–Kier alpha value is -0.850. The van der Waals surface area contributed by atoms with Crippen molar-refractivity contribution in [3.8, 4) is 11.5 Å². The zero-order valence-electron chi connectivity index (χ0n) is 22.1. The van der Waals surface area contributed by atoms with Crippen molar-refractivity contribution in [2.24, 2.45) is 5.16 Å². The van der Waals surface area contributed by atoms with Crippen molar-refractivity contribution < 1.29 is 102 Å². The van der Waals surface area contributed by atoms with E-state index in [4.69, 9.17) is 21.2 Å². The van der Waals surface area contributed by atoms with E-state index in [0.29, 0.717) is 32.4 Å². The number of carbonyl (C=O) groups excluding carboxylic acids is 2. The summed E-state index contributed by atoms with van der Waals surface area (Å²) in [6.07, 6.45) is 11.7. The molecule has 0 radical (unpaired) electrons. The molecule has 0 aromatic heterocycles. The topological polar surface area (TPSA) is 161 Å². The number of fused-ring (bicyclic) bond motifs is 1. The van der Waals surface area contributed by atoms with E-state index >= 15 is 0 Å². The van der Waals surface area contributed by atoms with Crippen molar-refractivity contribution in [2.45, 2.75) is 44.9 Å². The molecule has 2 heterocycles. The van der Waals surface area contributed by atoms with Gasteiger partial charge < -0.3 is 38.5 Å². The van der Waals surface area contributed by atoms with Crippen LogP contribution in [0.5, 0.6) is 11.5 Å². The minimum absolute atomic E-state index is 0. The van der Waals surface area contributed by atoms with Gasteiger partial charge in [0.25, 0.3) is 5.91 Å². The van der Waals surface area contributed by atoms with Gasteiger partial charge in [0.1, 0.15) is 24.9 Å². The van der Waals surface area contributed by atoms with Crippen LogP contribution in [0.2, 0.25) is 5.02 Å². The molecule has 0 unspecified atom stereocenters. The molecule has 1 N–H and O–H groups in total. The van der Waals surface area contributed by atoms with Crippen LogP contribution < -0.4 is 73.4 Å². The van der Waals surface area contributed by atoms with Crippen molar-refractivity contribution in [2.75, 3.05) is 26.3 Å².